The van der Waals surface area contributed by atoms with E-state index in [4.69, 9.17) is 0 Å². The minimum atomic E-state index is -5.59. The van der Waals surface area contributed by atoms with Crippen LogP contribution in [0.1, 0.15) is 48.1 Å². The number of carbonyl (C=O) groups excluding carboxylic acids is 2. The lowest BCUT2D eigenvalue weighted by Crippen LogP contribution is -2.40. The lowest BCUT2D eigenvalue weighted by molar-refractivity contribution is -0.284. The second kappa shape index (κ2) is 9.92. The molecule has 2 amide bonds. The molecule has 0 aliphatic carbocycles. The molecule has 0 saturated heterocycles. The van der Waals surface area contributed by atoms with Gasteiger partial charge in [-0.3, -0.25) is 14.3 Å². The van der Waals surface area contributed by atoms with E-state index in [1.165, 1.54) is 29.2 Å². The van der Waals surface area contributed by atoms with Gasteiger partial charge in [-0.1, -0.05) is 0 Å². The average Bonchev–Trinajstić information content (AvgIpc) is 3.39. The minimum Gasteiger partial charge on any atom is -0.352 e. The molecule has 0 spiro atoms. The molecular weight excluding hydrogens is 484 g/mol. The van der Waals surface area contributed by atoms with Crippen LogP contribution in [0.15, 0.2) is 30.7 Å². The smallest absolute Gasteiger partial charge is 0.352 e. The number of hydrogen-bond donors (Lipinski definition) is 2. The molecule has 0 fully saturated rings. The number of nitrogens with zero attached hydrogens (tertiary/aromatic N) is 5. The van der Waals surface area contributed by atoms with Gasteiger partial charge in [0.05, 0.1) is 24.6 Å². The number of aromatic nitrogens is 5. The molecule has 3 rings (SSSR count). The zero-order chi connectivity index (χ0) is 26.0. The molecule has 0 bridgehead atoms. The van der Waals surface area contributed by atoms with Crippen molar-refractivity contribution in [2.24, 2.45) is 5.92 Å². The van der Waals surface area contributed by atoms with Gasteiger partial charge >= 0.3 is 12.4 Å². The topological polar surface area (TPSA) is 106 Å². The van der Waals surface area contributed by atoms with Crippen LogP contribution in [0, 0.1) is 5.92 Å². The summed E-state index contributed by atoms with van der Waals surface area (Å²) in [6, 6.07) is 3.02. The van der Waals surface area contributed by atoms with Crippen LogP contribution < -0.4 is 10.6 Å². The summed E-state index contributed by atoms with van der Waals surface area (Å²) in [6.45, 7) is 3.47. The maximum absolute atomic E-state index is 12.6. The summed E-state index contributed by atoms with van der Waals surface area (Å²) < 4.78 is 78.6. The second-order valence-electron chi connectivity index (χ2n) is 7.95. The highest BCUT2D eigenvalue weighted by atomic mass is 19.4. The molecule has 2 N–H and O–H groups in total. The van der Waals surface area contributed by atoms with Gasteiger partial charge < -0.3 is 10.6 Å². The monoisotopic (exact) mass is 505 g/mol. The Morgan fingerprint density at radius 1 is 1.03 bits per heavy atom. The summed E-state index contributed by atoms with van der Waals surface area (Å²) >= 11 is 0. The number of hydrogen-bond acceptors (Lipinski definition) is 5. The molecule has 15 heteroatoms. The predicted molar refractivity (Wildman–Crippen MR) is 109 cm³/mol. The Morgan fingerprint density at radius 3 is 2.34 bits per heavy atom. The first-order chi connectivity index (χ1) is 16.3. The summed E-state index contributed by atoms with van der Waals surface area (Å²) in [5.74, 6) is -5.52. The molecule has 3 aromatic rings. The highest BCUT2D eigenvalue weighted by Gasteiger charge is 2.57. The van der Waals surface area contributed by atoms with Gasteiger partial charge in [-0.25, -0.2) is 9.50 Å². The number of halogens is 6. The maximum Gasteiger partial charge on any atom is 0.400 e. The van der Waals surface area contributed by atoms with Gasteiger partial charge in [-0.05, 0) is 31.5 Å². The van der Waals surface area contributed by atoms with Crippen LogP contribution >= 0.6 is 0 Å². The van der Waals surface area contributed by atoms with Crippen molar-refractivity contribution in [2.75, 3.05) is 0 Å². The van der Waals surface area contributed by atoms with Gasteiger partial charge in [-0.2, -0.15) is 36.5 Å². The van der Waals surface area contributed by atoms with Crippen LogP contribution in [0.2, 0.25) is 0 Å². The van der Waals surface area contributed by atoms with Crippen molar-refractivity contribution in [1.29, 1.82) is 0 Å². The third-order valence-corrected chi connectivity index (χ3v) is 4.92. The van der Waals surface area contributed by atoms with E-state index in [0.717, 1.165) is 0 Å². The van der Waals surface area contributed by atoms with Crippen LogP contribution in [0.4, 0.5) is 26.3 Å². The van der Waals surface area contributed by atoms with E-state index in [0.29, 0.717) is 22.6 Å². The molecule has 190 valence electrons. The number of rotatable bonds is 8. The van der Waals surface area contributed by atoms with Crippen LogP contribution in [-0.4, -0.2) is 48.5 Å². The fourth-order valence-corrected chi connectivity index (χ4v) is 3.19. The number of carbonyl (C=O) groups is 2. The summed E-state index contributed by atoms with van der Waals surface area (Å²) in [5, 5.41) is 12.9. The predicted octanol–water partition coefficient (Wildman–Crippen LogP) is 3.18. The van der Waals surface area contributed by atoms with Crippen molar-refractivity contribution in [3.8, 4) is 0 Å². The molecule has 9 nitrogen and oxygen atoms in total. The zero-order valence-corrected chi connectivity index (χ0v) is 18.5. The van der Waals surface area contributed by atoms with Crippen LogP contribution in [0.5, 0.6) is 0 Å². The molecular formula is C20H21F6N7O2. The van der Waals surface area contributed by atoms with Gasteiger partial charge in [0.1, 0.15) is 5.69 Å². The molecule has 0 aliphatic heterocycles. The fourth-order valence-electron chi connectivity index (χ4n) is 3.19. The summed E-state index contributed by atoms with van der Waals surface area (Å²) in [6.07, 6.45) is -8.63. The zero-order valence-electron chi connectivity index (χ0n) is 18.5. The molecule has 0 unspecified atom stereocenters. The van der Waals surface area contributed by atoms with E-state index in [9.17, 15) is 35.9 Å². The second-order valence-corrected chi connectivity index (χ2v) is 7.95. The summed E-state index contributed by atoms with van der Waals surface area (Å²) in [7, 11) is 0. The Hall–Kier alpha value is -3.65. The summed E-state index contributed by atoms with van der Waals surface area (Å²) in [5.41, 5.74) is 1.43. The molecule has 0 aromatic carbocycles. The third kappa shape index (κ3) is 6.48. The third-order valence-electron chi connectivity index (χ3n) is 4.92. The number of imidazole rings is 1. The van der Waals surface area contributed by atoms with Crippen LogP contribution in [0.25, 0.3) is 5.65 Å². The molecule has 0 saturated carbocycles. The molecule has 35 heavy (non-hydrogen) atoms. The Bertz CT molecular complexity index is 1180. The van der Waals surface area contributed by atoms with E-state index < -0.39 is 30.6 Å². The first-order valence-electron chi connectivity index (χ1n) is 10.3. The van der Waals surface area contributed by atoms with Gasteiger partial charge in [0, 0.05) is 25.2 Å². The largest absolute Gasteiger partial charge is 0.400 e. The standard InChI is InChI=1S/C20H21F6N7O2/c1-11(2)33-14(3-4-29-33)18(35)28-9-13-10-32-16(31-13)5-12(8-30-32)7-27-17(34)6-15(19(21,22)23)20(24,25)26/h3-5,8,10-11,15H,6-7,9H2,1-2H3,(H,27,34)(H,28,35). The number of alkyl halides is 6. The van der Waals surface area contributed by atoms with E-state index in [-0.39, 0.29) is 25.0 Å². The van der Waals surface area contributed by atoms with Crippen LogP contribution in [0.3, 0.4) is 0 Å². The number of nitrogens with one attached hydrogen (secondary N) is 2. The van der Waals surface area contributed by atoms with Gasteiger partial charge in [0.25, 0.3) is 5.91 Å². The Kier molecular flexibility index (Phi) is 7.36. The normalized spacial score (nSPS) is 12.5. The molecule has 3 aromatic heterocycles. The first-order valence-corrected chi connectivity index (χ1v) is 10.3. The number of amides is 2. The highest BCUT2D eigenvalue weighted by molar-refractivity contribution is 5.92. The van der Waals surface area contributed by atoms with Crippen molar-refractivity contribution in [3.63, 3.8) is 0 Å². The minimum absolute atomic E-state index is 0.0168. The number of fused-ring (bicyclic) bond motifs is 1. The van der Waals surface area contributed by atoms with Crippen molar-refractivity contribution >= 4 is 17.5 Å². The molecule has 3 heterocycles. The summed E-state index contributed by atoms with van der Waals surface area (Å²) in [4.78, 5) is 28.4. The van der Waals surface area contributed by atoms with Gasteiger partial charge in [0.15, 0.2) is 11.6 Å². The Balaban J connectivity index is 1.60. The maximum atomic E-state index is 12.6. The van der Waals surface area contributed by atoms with E-state index >= 15 is 0 Å². The van der Waals surface area contributed by atoms with Crippen molar-refractivity contribution in [2.45, 2.75) is 51.8 Å². The van der Waals surface area contributed by atoms with E-state index in [1.54, 1.807) is 10.7 Å². The van der Waals surface area contributed by atoms with Crippen molar-refractivity contribution < 1.29 is 35.9 Å². The molecule has 0 atom stereocenters. The Labute approximate surface area is 194 Å². The highest BCUT2D eigenvalue weighted by Crippen LogP contribution is 2.41. The molecule has 0 radical (unpaired) electrons. The SMILES string of the molecule is CC(C)n1nccc1C(=O)NCc1cn2ncc(CNC(=O)CC(C(F)(F)F)C(F)(F)F)cc2n1. The van der Waals surface area contributed by atoms with Gasteiger partial charge in [-0.15, -0.1) is 0 Å². The Morgan fingerprint density at radius 2 is 1.71 bits per heavy atom. The lowest BCUT2D eigenvalue weighted by atomic mass is 10.0. The van der Waals surface area contributed by atoms with Crippen molar-refractivity contribution in [3.05, 3.63) is 47.7 Å². The average molecular weight is 505 g/mol. The molecule has 0 aliphatic rings. The van der Waals surface area contributed by atoms with Gasteiger partial charge in [0.2, 0.25) is 5.91 Å². The first kappa shape index (κ1) is 26.0. The van der Waals surface area contributed by atoms with E-state index in [2.05, 4.69) is 20.5 Å². The van der Waals surface area contributed by atoms with Crippen LogP contribution in [-0.2, 0) is 17.9 Å². The lowest BCUT2D eigenvalue weighted by Gasteiger charge is -2.22. The van der Waals surface area contributed by atoms with E-state index in [1.807, 2.05) is 19.2 Å². The van der Waals surface area contributed by atoms with Crippen molar-refractivity contribution in [1.82, 2.24) is 35.0 Å². The fraction of sp³-hybridized carbons (Fsp3) is 0.450. The quantitative estimate of drug-likeness (QED) is 0.458.